The molecule has 1 unspecified atom stereocenters. The van der Waals surface area contributed by atoms with E-state index in [0.29, 0.717) is 0 Å². The Balaban J connectivity index is 1.45. The summed E-state index contributed by atoms with van der Waals surface area (Å²) >= 11 is 7.88. The molecule has 1 aromatic carbocycles. The molecule has 1 fully saturated rings. The van der Waals surface area contributed by atoms with Crippen LogP contribution in [0.2, 0.25) is 5.02 Å². The molecule has 8 heteroatoms. The van der Waals surface area contributed by atoms with Crippen molar-refractivity contribution in [2.75, 3.05) is 31.1 Å². The van der Waals surface area contributed by atoms with Crippen molar-refractivity contribution in [2.45, 2.75) is 25.9 Å². The van der Waals surface area contributed by atoms with Gasteiger partial charge in [0.2, 0.25) is 0 Å². The number of halogens is 1. The van der Waals surface area contributed by atoms with Crippen LogP contribution < -0.4 is 4.90 Å². The molecule has 142 valence electrons. The van der Waals surface area contributed by atoms with Crippen molar-refractivity contribution in [2.24, 2.45) is 0 Å². The molecule has 0 aliphatic carbocycles. The number of nitrogens with zero attached hydrogens (tertiary/aromatic N) is 6. The van der Waals surface area contributed by atoms with Crippen LogP contribution in [0, 0.1) is 0 Å². The minimum absolute atomic E-state index is 0.237. The van der Waals surface area contributed by atoms with Crippen molar-refractivity contribution in [3.63, 3.8) is 0 Å². The molecule has 1 atom stereocenters. The smallest absolute Gasteiger partial charge is 0.168 e. The molecule has 6 nitrogen and oxygen atoms in total. The number of anilines is 1. The van der Waals surface area contributed by atoms with Crippen molar-refractivity contribution in [1.29, 1.82) is 0 Å². The first-order valence-corrected chi connectivity index (χ1v) is 10.5. The fourth-order valence-electron chi connectivity index (χ4n) is 3.68. The van der Waals surface area contributed by atoms with E-state index in [1.54, 1.807) is 11.3 Å². The number of aromatic nitrogens is 4. The van der Waals surface area contributed by atoms with Crippen LogP contribution in [-0.2, 0) is 6.54 Å². The summed E-state index contributed by atoms with van der Waals surface area (Å²) < 4.78 is 1.95. The van der Waals surface area contributed by atoms with Gasteiger partial charge in [0.05, 0.1) is 12.6 Å². The molecule has 3 heterocycles. The van der Waals surface area contributed by atoms with Crippen LogP contribution in [0.15, 0.2) is 41.8 Å². The van der Waals surface area contributed by atoms with E-state index in [4.69, 9.17) is 11.6 Å². The van der Waals surface area contributed by atoms with Crippen LogP contribution in [0.5, 0.6) is 0 Å². The van der Waals surface area contributed by atoms with Crippen LogP contribution in [0.1, 0.15) is 30.1 Å². The zero-order chi connectivity index (χ0) is 18.6. The van der Waals surface area contributed by atoms with Crippen LogP contribution in [-0.4, -0.2) is 51.3 Å². The minimum Gasteiger partial charge on any atom is -0.369 e. The topological polar surface area (TPSA) is 50.1 Å². The minimum atomic E-state index is 0.237. The Morgan fingerprint density at radius 1 is 1.15 bits per heavy atom. The summed E-state index contributed by atoms with van der Waals surface area (Å²) in [7, 11) is 0. The maximum Gasteiger partial charge on any atom is 0.168 e. The van der Waals surface area contributed by atoms with E-state index < -0.39 is 0 Å². The van der Waals surface area contributed by atoms with Crippen molar-refractivity contribution < 1.29 is 0 Å². The van der Waals surface area contributed by atoms with Gasteiger partial charge in [-0.05, 0) is 46.5 Å². The Morgan fingerprint density at radius 2 is 2.00 bits per heavy atom. The number of benzene rings is 1. The summed E-state index contributed by atoms with van der Waals surface area (Å²) in [5.74, 6) is 0.960. The van der Waals surface area contributed by atoms with Crippen LogP contribution in [0.25, 0.3) is 0 Å². The van der Waals surface area contributed by atoms with Gasteiger partial charge >= 0.3 is 0 Å². The van der Waals surface area contributed by atoms with Gasteiger partial charge < -0.3 is 4.90 Å². The lowest BCUT2D eigenvalue weighted by Crippen LogP contribution is -2.48. The third-order valence-electron chi connectivity index (χ3n) is 5.06. The van der Waals surface area contributed by atoms with Gasteiger partial charge in [-0.2, -0.15) is 0 Å². The zero-order valence-corrected chi connectivity index (χ0v) is 16.9. The average molecular weight is 403 g/mol. The highest BCUT2D eigenvalue weighted by Gasteiger charge is 2.28. The number of tetrazole rings is 1. The summed E-state index contributed by atoms with van der Waals surface area (Å²) in [5.41, 5.74) is 1.19. The van der Waals surface area contributed by atoms with Crippen LogP contribution in [0.4, 0.5) is 5.69 Å². The largest absolute Gasteiger partial charge is 0.369 e. The molecule has 1 aliphatic heterocycles. The van der Waals surface area contributed by atoms with Crippen molar-refractivity contribution in [3.05, 3.63) is 57.5 Å². The van der Waals surface area contributed by atoms with Gasteiger partial charge in [-0.3, -0.25) is 4.90 Å². The van der Waals surface area contributed by atoms with E-state index in [2.05, 4.69) is 55.8 Å². The molecular weight excluding hydrogens is 380 g/mol. The van der Waals surface area contributed by atoms with Crippen molar-refractivity contribution >= 4 is 28.6 Å². The van der Waals surface area contributed by atoms with E-state index >= 15 is 0 Å². The maximum atomic E-state index is 6.15. The molecule has 0 N–H and O–H groups in total. The third kappa shape index (κ3) is 4.15. The van der Waals surface area contributed by atoms with Gasteiger partial charge in [-0.1, -0.05) is 30.7 Å². The van der Waals surface area contributed by atoms with Crippen LogP contribution in [0.3, 0.4) is 0 Å². The summed E-state index contributed by atoms with van der Waals surface area (Å²) in [6.07, 6.45) is 0.988. The second kappa shape index (κ2) is 8.37. The fourth-order valence-corrected chi connectivity index (χ4v) is 4.55. The van der Waals surface area contributed by atoms with Gasteiger partial charge in [0.1, 0.15) is 0 Å². The lowest BCUT2D eigenvalue weighted by Gasteiger charge is -2.39. The van der Waals surface area contributed by atoms with Gasteiger partial charge in [0.25, 0.3) is 0 Å². The molecule has 0 spiro atoms. The SMILES string of the molecule is CCC(c1nnnn1Cc1cccs1)N1CCN(c2cccc(Cl)c2)CC1. The van der Waals surface area contributed by atoms with E-state index in [-0.39, 0.29) is 6.04 Å². The number of rotatable bonds is 6. The molecule has 4 rings (SSSR count). The zero-order valence-electron chi connectivity index (χ0n) is 15.3. The normalized spacial score (nSPS) is 16.6. The summed E-state index contributed by atoms with van der Waals surface area (Å²) in [4.78, 5) is 6.16. The highest BCUT2D eigenvalue weighted by atomic mass is 35.5. The Labute approximate surface area is 168 Å². The molecule has 2 aromatic heterocycles. The monoisotopic (exact) mass is 402 g/mol. The fraction of sp³-hybridized carbons (Fsp3) is 0.421. The molecular formula is C19H23ClN6S. The van der Waals surface area contributed by atoms with Gasteiger partial charge in [-0.15, -0.1) is 16.4 Å². The van der Waals surface area contributed by atoms with Crippen molar-refractivity contribution in [1.82, 2.24) is 25.1 Å². The number of hydrogen-bond donors (Lipinski definition) is 0. The molecule has 0 saturated carbocycles. The first kappa shape index (κ1) is 18.4. The molecule has 3 aromatic rings. The Kier molecular flexibility index (Phi) is 5.71. The summed E-state index contributed by atoms with van der Waals surface area (Å²) in [5, 5.41) is 15.4. The van der Waals surface area contributed by atoms with E-state index in [1.807, 2.05) is 22.9 Å². The number of piperazine rings is 1. The average Bonchev–Trinajstić information content (AvgIpc) is 3.36. The molecule has 0 bridgehead atoms. The second-order valence-electron chi connectivity index (χ2n) is 6.70. The lowest BCUT2D eigenvalue weighted by molar-refractivity contribution is 0.170. The summed E-state index contributed by atoms with van der Waals surface area (Å²) in [6.45, 7) is 6.86. The number of thiophene rings is 1. The van der Waals surface area contributed by atoms with E-state index in [9.17, 15) is 0 Å². The second-order valence-corrected chi connectivity index (χ2v) is 8.17. The predicted molar refractivity (Wildman–Crippen MR) is 110 cm³/mol. The Bertz CT molecular complexity index is 857. The lowest BCUT2D eigenvalue weighted by atomic mass is 10.1. The molecule has 0 amide bonds. The maximum absolute atomic E-state index is 6.15. The Hall–Kier alpha value is -1.96. The first-order chi connectivity index (χ1) is 13.2. The highest BCUT2D eigenvalue weighted by Crippen LogP contribution is 2.27. The standard InChI is InChI=1S/C19H23ClN6S/c1-2-18(19-21-22-23-26(19)14-17-7-4-12-27-17)25-10-8-24(9-11-25)16-6-3-5-15(20)13-16/h3-7,12-13,18H,2,8-11,14H2,1H3. The summed E-state index contributed by atoms with van der Waals surface area (Å²) in [6, 6.07) is 12.5. The van der Waals surface area contributed by atoms with Gasteiger partial charge in [0, 0.05) is 41.8 Å². The molecule has 1 aliphatic rings. The predicted octanol–water partition coefficient (Wildman–Crippen LogP) is 3.71. The van der Waals surface area contributed by atoms with E-state index in [0.717, 1.165) is 50.0 Å². The van der Waals surface area contributed by atoms with Gasteiger partial charge in [-0.25, -0.2) is 4.68 Å². The van der Waals surface area contributed by atoms with Crippen LogP contribution >= 0.6 is 22.9 Å². The molecule has 0 radical (unpaired) electrons. The third-order valence-corrected chi connectivity index (χ3v) is 6.15. The van der Waals surface area contributed by atoms with Crippen molar-refractivity contribution in [3.8, 4) is 0 Å². The molecule has 27 heavy (non-hydrogen) atoms. The van der Waals surface area contributed by atoms with Gasteiger partial charge in [0.15, 0.2) is 5.82 Å². The van der Waals surface area contributed by atoms with E-state index in [1.165, 1.54) is 10.6 Å². The first-order valence-electron chi connectivity index (χ1n) is 9.27. The molecule has 1 saturated heterocycles. The quantitative estimate of drug-likeness (QED) is 0.629. The Morgan fingerprint density at radius 3 is 2.70 bits per heavy atom. The number of hydrogen-bond acceptors (Lipinski definition) is 6. The highest BCUT2D eigenvalue weighted by molar-refractivity contribution is 7.09.